The Morgan fingerprint density at radius 3 is 2.50 bits per heavy atom. The van der Waals surface area contributed by atoms with E-state index in [1.54, 1.807) is 12.1 Å². The van der Waals surface area contributed by atoms with Crippen LogP contribution >= 0.6 is 0 Å². The Bertz CT molecular complexity index is 402. The molecule has 1 aliphatic rings. The first kappa shape index (κ1) is 15.4. The van der Waals surface area contributed by atoms with Crippen LogP contribution in [0.15, 0.2) is 24.3 Å². The molecular formula is C16H26FN3. The molecule has 1 aliphatic heterocycles. The molecule has 3 nitrogen and oxygen atoms in total. The third-order valence-corrected chi connectivity index (χ3v) is 4.25. The smallest absolute Gasteiger partial charge is 0.123 e. The molecule has 1 aromatic carbocycles. The summed E-state index contributed by atoms with van der Waals surface area (Å²) in [5.74, 6) is -0.153. The normalized spacial score (nSPS) is 19.1. The van der Waals surface area contributed by atoms with E-state index in [1.165, 1.54) is 19.2 Å². The first-order valence-electron chi connectivity index (χ1n) is 7.60. The van der Waals surface area contributed by atoms with E-state index in [-0.39, 0.29) is 11.9 Å². The van der Waals surface area contributed by atoms with Gasteiger partial charge in [-0.25, -0.2) is 4.39 Å². The molecule has 0 bridgehead atoms. The molecule has 1 N–H and O–H groups in total. The summed E-state index contributed by atoms with van der Waals surface area (Å²) in [5.41, 5.74) is 1.04. The number of halogens is 1. The van der Waals surface area contributed by atoms with E-state index in [0.29, 0.717) is 0 Å². The predicted octanol–water partition coefficient (Wildman–Crippen LogP) is 2.11. The zero-order chi connectivity index (χ0) is 14.4. The van der Waals surface area contributed by atoms with Crippen molar-refractivity contribution in [3.05, 3.63) is 35.6 Å². The van der Waals surface area contributed by atoms with Crippen LogP contribution in [0.25, 0.3) is 0 Å². The number of likely N-dealkylation sites (N-methyl/N-ethyl adjacent to an activating group) is 1. The minimum Gasteiger partial charge on any atom is -0.313 e. The van der Waals surface area contributed by atoms with Gasteiger partial charge in [0.25, 0.3) is 0 Å². The van der Waals surface area contributed by atoms with Gasteiger partial charge in [-0.3, -0.25) is 0 Å². The van der Waals surface area contributed by atoms with Crippen molar-refractivity contribution in [1.82, 2.24) is 15.1 Å². The lowest BCUT2D eigenvalue weighted by Crippen LogP contribution is -2.46. The first-order valence-corrected chi connectivity index (χ1v) is 7.60. The molecule has 1 aromatic rings. The van der Waals surface area contributed by atoms with Crippen LogP contribution in [0.4, 0.5) is 4.39 Å². The SMILES string of the molecule is CCN1CCN(CCC(NC)c2cccc(F)c2)CC1. The van der Waals surface area contributed by atoms with Gasteiger partial charge in [0.05, 0.1) is 0 Å². The Kier molecular flexibility index (Phi) is 5.95. The highest BCUT2D eigenvalue weighted by Gasteiger charge is 2.17. The maximum Gasteiger partial charge on any atom is 0.123 e. The fraction of sp³-hybridized carbons (Fsp3) is 0.625. The van der Waals surface area contributed by atoms with Gasteiger partial charge in [0.1, 0.15) is 5.82 Å². The van der Waals surface area contributed by atoms with Gasteiger partial charge in [0, 0.05) is 38.8 Å². The van der Waals surface area contributed by atoms with Gasteiger partial charge in [-0.2, -0.15) is 0 Å². The fourth-order valence-corrected chi connectivity index (χ4v) is 2.84. The van der Waals surface area contributed by atoms with Crippen LogP contribution in [0.2, 0.25) is 0 Å². The molecule has 0 spiro atoms. The number of piperazine rings is 1. The van der Waals surface area contributed by atoms with Gasteiger partial charge in [-0.1, -0.05) is 19.1 Å². The van der Waals surface area contributed by atoms with Crippen LogP contribution in [-0.2, 0) is 0 Å². The van der Waals surface area contributed by atoms with Gasteiger partial charge in [-0.05, 0) is 37.7 Å². The monoisotopic (exact) mass is 279 g/mol. The van der Waals surface area contributed by atoms with E-state index in [0.717, 1.165) is 38.2 Å². The molecular weight excluding hydrogens is 253 g/mol. The third-order valence-electron chi connectivity index (χ3n) is 4.25. The van der Waals surface area contributed by atoms with Crippen molar-refractivity contribution >= 4 is 0 Å². The number of nitrogens with zero attached hydrogens (tertiary/aromatic N) is 2. The molecule has 1 heterocycles. The number of benzene rings is 1. The number of nitrogens with one attached hydrogen (secondary N) is 1. The van der Waals surface area contributed by atoms with Crippen LogP contribution in [-0.4, -0.2) is 56.1 Å². The van der Waals surface area contributed by atoms with Gasteiger partial charge in [0.2, 0.25) is 0 Å². The molecule has 0 saturated carbocycles. The molecule has 1 fully saturated rings. The Hall–Kier alpha value is -0.970. The maximum atomic E-state index is 13.3. The molecule has 20 heavy (non-hydrogen) atoms. The van der Waals surface area contributed by atoms with Crippen LogP contribution in [0.1, 0.15) is 24.9 Å². The van der Waals surface area contributed by atoms with E-state index in [4.69, 9.17) is 0 Å². The van der Waals surface area contributed by atoms with Crippen molar-refractivity contribution in [2.45, 2.75) is 19.4 Å². The molecule has 4 heteroatoms. The fourth-order valence-electron chi connectivity index (χ4n) is 2.84. The summed E-state index contributed by atoms with van der Waals surface area (Å²) in [5, 5.41) is 3.30. The lowest BCUT2D eigenvalue weighted by molar-refractivity contribution is 0.133. The van der Waals surface area contributed by atoms with Crippen molar-refractivity contribution < 1.29 is 4.39 Å². The highest BCUT2D eigenvalue weighted by molar-refractivity contribution is 5.20. The van der Waals surface area contributed by atoms with E-state index >= 15 is 0 Å². The van der Waals surface area contributed by atoms with Crippen molar-refractivity contribution in [2.24, 2.45) is 0 Å². The van der Waals surface area contributed by atoms with Crippen molar-refractivity contribution in [3.8, 4) is 0 Å². The standard InChI is InChI=1S/C16H26FN3/c1-3-19-9-11-20(12-10-19)8-7-16(18-2)14-5-4-6-15(17)13-14/h4-6,13,16,18H,3,7-12H2,1-2H3. The summed E-state index contributed by atoms with van der Waals surface area (Å²) in [6.07, 6.45) is 1.02. The van der Waals surface area contributed by atoms with Crippen LogP contribution in [0.3, 0.4) is 0 Å². The average Bonchev–Trinajstić information content (AvgIpc) is 2.48. The van der Waals surface area contributed by atoms with E-state index in [1.807, 2.05) is 13.1 Å². The zero-order valence-electron chi connectivity index (χ0n) is 12.6. The maximum absolute atomic E-state index is 13.3. The summed E-state index contributed by atoms with van der Waals surface area (Å²) in [4.78, 5) is 4.99. The Morgan fingerprint density at radius 1 is 1.20 bits per heavy atom. The summed E-state index contributed by atoms with van der Waals surface area (Å²) in [7, 11) is 1.95. The Morgan fingerprint density at radius 2 is 1.90 bits per heavy atom. The molecule has 0 amide bonds. The van der Waals surface area contributed by atoms with Crippen molar-refractivity contribution in [1.29, 1.82) is 0 Å². The minimum atomic E-state index is -0.153. The summed E-state index contributed by atoms with van der Waals surface area (Å²) < 4.78 is 13.3. The molecule has 1 atom stereocenters. The Labute approximate surface area is 121 Å². The zero-order valence-corrected chi connectivity index (χ0v) is 12.6. The van der Waals surface area contributed by atoms with E-state index in [9.17, 15) is 4.39 Å². The summed E-state index contributed by atoms with van der Waals surface area (Å²) in [6, 6.07) is 7.15. The second-order valence-corrected chi connectivity index (χ2v) is 5.46. The van der Waals surface area contributed by atoms with Gasteiger partial charge in [-0.15, -0.1) is 0 Å². The summed E-state index contributed by atoms with van der Waals surface area (Å²) in [6.45, 7) is 9.06. The minimum absolute atomic E-state index is 0.153. The highest BCUT2D eigenvalue weighted by atomic mass is 19.1. The largest absolute Gasteiger partial charge is 0.313 e. The molecule has 0 radical (unpaired) electrons. The molecule has 0 aromatic heterocycles. The van der Waals surface area contributed by atoms with Crippen molar-refractivity contribution in [3.63, 3.8) is 0 Å². The Balaban J connectivity index is 1.82. The van der Waals surface area contributed by atoms with E-state index < -0.39 is 0 Å². The first-order chi connectivity index (χ1) is 9.72. The van der Waals surface area contributed by atoms with Crippen LogP contribution < -0.4 is 5.32 Å². The number of hydrogen-bond acceptors (Lipinski definition) is 3. The van der Waals surface area contributed by atoms with Gasteiger partial charge >= 0.3 is 0 Å². The lowest BCUT2D eigenvalue weighted by Gasteiger charge is -2.34. The second kappa shape index (κ2) is 7.72. The van der Waals surface area contributed by atoms with Crippen LogP contribution in [0, 0.1) is 5.82 Å². The molecule has 1 unspecified atom stereocenters. The van der Waals surface area contributed by atoms with E-state index in [2.05, 4.69) is 22.0 Å². The highest BCUT2D eigenvalue weighted by Crippen LogP contribution is 2.18. The molecule has 0 aliphatic carbocycles. The summed E-state index contributed by atoms with van der Waals surface area (Å²) >= 11 is 0. The third kappa shape index (κ3) is 4.27. The average molecular weight is 279 g/mol. The van der Waals surface area contributed by atoms with Gasteiger partial charge in [0.15, 0.2) is 0 Å². The van der Waals surface area contributed by atoms with Crippen molar-refractivity contribution in [2.75, 3.05) is 46.3 Å². The number of hydrogen-bond donors (Lipinski definition) is 1. The molecule has 2 rings (SSSR count). The quantitative estimate of drug-likeness (QED) is 0.860. The molecule has 1 saturated heterocycles. The predicted molar refractivity (Wildman–Crippen MR) is 81.4 cm³/mol. The van der Waals surface area contributed by atoms with Gasteiger partial charge < -0.3 is 15.1 Å². The lowest BCUT2D eigenvalue weighted by atomic mass is 10.0. The molecule has 112 valence electrons. The topological polar surface area (TPSA) is 18.5 Å². The van der Waals surface area contributed by atoms with Crippen LogP contribution in [0.5, 0.6) is 0 Å². The number of rotatable bonds is 6. The second-order valence-electron chi connectivity index (χ2n) is 5.46.